The van der Waals surface area contributed by atoms with E-state index in [0.29, 0.717) is 19.0 Å². The van der Waals surface area contributed by atoms with Crippen LogP contribution in [0.25, 0.3) is 0 Å². The van der Waals surface area contributed by atoms with E-state index >= 15 is 0 Å². The van der Waals surface area contributed by atoms with Crippen LogP contribution in [0, 0.1) is 0 Å². The minimum Gasteiger partial charge on any atom is -0.363 e. The third-order valence-electron chi connectivity index (χ3n) is 5.66. The number of piperidine rings is 1. The van der Waals surface area contributed by atoms with Crippen molar-refractivity contribution in [1.82, 2.24) is 10.6 Å². The zero-order chi connectivity index (χ0) is 20.1. The predicted octanol–water partition coefficient (Wildman–Crippen LogP) is 3.83. The van der Waals surface area contributed by atoms with E-state index in [1.54, 1.807) is 0 Å². The number of nitrogens with one attached hydrogen (secondary N) is 2. The molecule has 1 amide bonds. The number of aliphatic imine (C=N–C) groups is 1. The van der Waals surface area contributed by atoms with E-state index in [9.17, 15) is 4.79 Å². The first-order valence-electron chi connectivity index (χ1n) is 10.4. The van der Waals surface area contributed by atoms with Crippen molar-refractivity contribution in [3.05, 3.63) is 47.3 Å². The molecule has 0 unspecified atom stereocenters. The monoisotopic (exact) mass is 539 g/mol. The van der Waals surface area contributed by atoms with Crippen molar-refractivity contribution in [2.75, 3.05) is 36.5 Å². The highest BCUT2D eigenvalue weighted by molar-refractivity contribution is 14.0. The van der Waals surface area contributed by atoms with Gasteiger partial charge in [-0.15, -0.1) is 35.3 Å². The molecule has 2 saturated heterocycles. The molecule has 0 spiro atoms. The molecule has 162 valence electrons. The molecule has 2 N–H and O–H groups in total. The van der Waals surface area contributed by atoms with Crippen molar-refractivity contribution in [2.45, 2.75) is 38.3 Å². The van der Waals surface area contributed by atoms with Crippen molar-refractivity contribution in [3.8, 4) is 0 Å². The smallest absolute Gasteiger partial charge is 0.227 e. The quantitative estimate of drug-likeness (QED) is 0.345. The molecule has 2 aromatic rings. The Morgan fingerprint density at radius 1 is 1.17 bits per heavy atom. The van der Waals surface area contributed by atoms with Crippen LogP contribution in [-0.4, -0.2) is 44.6 Å². The largest absolute Gasteiger partial charge is 0.363 e. The van der Waals surface area contributed by atoms with Crippen LogP contribution < -0.4 is 20.4 Å². The second kappa shape index (κ2) is 11.0. The van der Waals surface area contributed by atoms with Gasteiger partial charge in [-0.2, -0.15) is 0 Å². The maximum absolute atomic E-state index is 11.9. The topological polar surface area (TPSA) is 60.0 Å². The Morgan fingerprint density at radius 3 is 2.53 bits per heavy atom. The second-order valence-corrected chi connectivity index (χ2v) is 8.52. The molecule has 0 bridgehead atoms. The number of hydrogen-bond acceptors (Lipinski definition) is 4. The van der Waals surface area contributed by atoms with Crippen LogP contribution in [0.5, 0.6) is 0 Å². The lowest BCUT2D eigenvalue weighted by atomic mass is 10.1. The number of thiophene rings is 1. The summed E-state index contributed by atoms with van der Waals surface area (Å²) in [6.45, 7) is 3.69. The number of amides is 1. The van der Waals surface area contributed by atoms with E-state index in [-0.39, 0.29) is 29.9 Å². The molecule has 0 atom stereocenters. The van der Waals surface area contributed by atoms with Gasteiger partial charge in [0, 0.05) is 51.4 Å². The Balaban J connectivity index is 0.00000256. The summed E-state index contributed by atoms with van der Waals surface area (Å²) in [6.07, 6.45) is 3.84. The van der Waals surface area contributed by atoms with Crippen LogP contribution in [0.3, 0.4) is 0 Å². The van der Waals surface area contributed by atoms with Gasteiger partial charge in [-0.1, -0.05) is 12.1 Å². The molecule has 6 nitrogen and oxygen atoms in total. The van der Waals surface area contributed by atoms with Gasteiger partial charge < -0.3 is 20.4 Å². The third-order valence-corrected chi connectivity index (χ3v) is 6.59. The number of nitrogens with zero attached hydrogens (tertiary/aromatic N) is 3. The fourth-order valence-corrected chi connectivity index (χ4v) is 4.77. The van der Waals surface area contributed by atoms with Crippen molar-refractivity contribution in [2.24, 2.45) is 4.99 Å². The first-order valence-corrected chi connectivity index (χ1v) is 11.3. The number of benzene rings is 1. The van der Waals surface area contributed by atoms with Crippen molar-refractivity contribution < 1.29 is 4.79 Å². The first kappa shape index (κ1) is 22.9. The second-order valence-electron chi connectivity index (χ2n) is 7.60. The fraction of sp³-hybridized carbons (Fsp3) is 0.455. The number of rotatable bonds is 5. The van der Waals surface area contributed by atoms with Crippen molar-refractivity contribution in [3.63, 3.8) is 0 Å². The fourth-order valence-electron chi connectivity index (χ4n) is 3.98. The van der Waals surface area contributed by atoms with Gasteiger partial charge in [-0.05, 0) is 54.5 Å². The summed E-state index contributed by atoms with van der Waals surface area (Å²) in [5, 5.41) is 10.5. The van der Waals surface area contributed by atoms with Gasteiger partial charge in [0.1, 0.15) is 0 Å². The molecule has 8 heteroatoms. The number of halogens is 1. The Morgan fingerprint density at radius 2 is 1.93 bits per heavy atom. The zero-order valence-electron chi connectivity index (χ0n) is 17.3. The maximum atomic E-state index is 11.9. The molecule has 30 heavy (non-hydrogen) atoms. The summed E-state index contributed by atoms with van der Waals surface area (Å²) in [6, 6.07) is 13.0. The van der Waals surface area contributed by atoms with Crippen LogP contribution in [0.2, 0.25) is 0 Å². The molecule has 0 saturated carbocycles. The highest BCUT2D eigenvalue weighted by atomic mass is 127. The number of guanidine groups is 1. The molecule has 0 radical (unpaired) electrons. The lowest BCUT2D eigenvalue weighted by Crippen LogP contribution is -2.48. The van der Waals surface area contributed by atoms with Gasteiger partial charge in [-0.25, -0.2) is 0 Å². The molecule has 4 rings (SSSR count). The Bertz CT molecular complexity index is 832. The predicted molar refractivity (Wildman–Crippen MR) is 136 cm³/mol. The van der Waals surface area contributed by atoms with Crippen LogP contribution in [0.4, 0.5) is 10.7 Å². The van der Waals surface area contributed by atoms with Crippen LogP contribution in [0.15, 0.2) is 46.8 Å². The summed E-state index contributed by atoms with van der Waals surface area (Å²) in [5.74, 6) is 1.07. The summed E-state index contributed by atoms with van der Waals surface area (Å²) >= 11 is 1.81. The minimum atomic E-state index is 0. The summed E-state index contributed by atoms with van der Waals surface area (Å²) in [4.78, 5) is 20.6. The highest BCUT2D eigenvalue weighted by Gasteiger charge is 2.22. The Hall–Kier alpha value is -1.81. The summed E-state index contributed by atoms with van der Waals surface area (Å²) in [7, 11) is 1.82. The molecule has 1 aromatic carbocycles. The number of hydrogen-bond donors (Lipinski definition) is 2. The van der Waals surface area contributed by atoms with Crippen molar-refractivity contribution in [1.29, 1.82) is 0 Å². The number of anilines is 2. The molecular formula is C22H30IN5OS. The first-order chi connectivity index (χ1) is 14.2. The van der Waals surface area contributed by atoms with Gasteiger partial charge >= 0.3 is 0 Å². The maximum Gasteiger partial charge on any atom is 0.227 e. The van der Waals surface area contributed by atoms with E-state index < -0.39 is 0 Å². The molecule has 2 fully saturated rings. The van der Waals surface area contributed by atoms with Gasteiger partial charge in [0.2, 0.25) is 5.91 Å². The van der Waals surface area contributed by atoms with Crippen LogP contribution >= 0.6 is 35.3 Å². The zero-order valence-corrected chi connectivity index (χ0v) is 20.5. The summed E-state index contributed by atoms with van der Waals surface area (Å²) < 4.78 is 0. The van der Waals surface area contributed by atoms with E-state index in [1.165, 1.54) is 10.6 Å². The molecule has 1 aromatic heterocycles. The lowest BCUT2D eigenvalue weighted by Gasteiger charge is -2.33. The third kappa shape index (κ3) is 5.66. The molecule has 3 heterocycles. The molecular weight excluding hydrogens is 509 g/mol. The lowest BCUT2D eigenvalue weighted by molar-refractivity contribution is -0.117. The Labute approximate surface area is 199 Å². The molecule has 2 aliphatic heterocycles. The number of carbonyl (C=O) groups excluding carboxylic acids is 1. The van der Waals surface area contributed by atoms with Gasteiger partial charge in [0.15, 0.2) is 5.96 Å². The SMILES string of the molecule is CN=C(NCc1ccc(N2CCCC2=O)cc1)NC1CCN(c2cccs2)CC1.I. The van der Waals surface area contributed by atoms with Gasteiger partial charge in [0.25, 0.3) is 0 Å². The van der Waals surface area contributed by atoms with Gasteiger partial charge in [-0.3, -0.25) is 9.79 Å². The molecule has 2 aliphatic rings. The average molecular weight is 539 g/mol. The highest BCUT2D eigenvalue weighted by Crippen LogP contribution is 2.25. The summed E-state index contributed by atoms with van der Waals surface area (Å²) in [5.41, 5.74) is 2.17. The van der Waals surface area contributed by atoms with E-state index in [0.717, 1.165) is 50.5 Å². The van der Waals surface area contributed by atoms with Crippen molar-refractivity contribution >= 4 is 57.9 Å². The van der Waals surface area contributed by atoms with Crippen LogP contribution in [0.1, 0.15) is 31.2 Å². The van der Waals surface area contributed by atoms with Gasteiger partial charge in [0.05, 0.1) is 5.00 Å². The van der Waals surface area contributed by atoms with E-state index in [2.05, 4.69) is 50.2 Å². The standard InChI is InChI=1S/C22H29N5OS.HI/c1-23-22(25-18-10-13-26(14-11-18)21-5-3-15-29-21)24-16-17-6-8-19(9-7-17)27-12-2-4-20(27)28;/h3,5-9,15,18H,2,4,10-14,16H2,1H3,(H2,23,24,25);1H. The minimum absolute atomic E-state index is 0. The normalized spacial score (nSPS) is 17.8. The van der Waals surface area contributed by atoms with E-state index in [4.69, 9.17) is 0 Å². The van der Waals surface area contributed by atoms with Crippen LogP contribution in [-0.2, 0) is 11.3 Å². The molecule has 0 aliphatic carbocycles. The van der Waals surface area contributed by atoms with E-state index in [1.807, 2.05) is 35.4 Å². The average Bonchev–Trinajstić information content (AvgIpc) is 3.44. The number of carbonyl (C=O) groups is 1. The Kier molecular flexibility index (Phi) is 8.38.